The maximum atomic E-state index is 12.2. The molecule has 1 aromatic carbocycles. The number of hydrogen-bond acceptors (Lipinski definition) is 4. The number of halogens is 2. The molecule has 1 fully saturated rings. The highest BCUT2D eigenvalue weighted by atomic mass is 35.5. The van der Waals surface area contributed by atoms with Crippen molar-refractivity contribution in [3.8, 4) is 5.75 Å². The van der Waals surface area contributed by atoms with Crippen molar-refractivity contribution < 1.29 is 14.3 Å². The van der Waals surface area contributed by atoms with Crippen LogP contribution in [-0.4, -0.2) is 23.2 Å². The molecule has 1 aliphatic rings. The van der Waals surface area contributed by atoms with Crippen molar-refractivity contribution in [3.63, 3.8) is 0 Å². The minimum Gasteiger partial charge on any atom is -0.475 e. The van der Waals surface area contributed by atoms with Crippen molar-refractivity contribution in [2.75, 3.05) is 6.61 Å². The predicted octanol–water partition coefficient (Wildman–Crippen LogP) is 4.41. The minimum absolute atomic E-state index is 0.314. The number of rotatable bonds is 4. The van der Waals surface area contributed by atoms with Crippen LogP contribution >= 0.6 is 23.2 Å². The quantitative estimate of drug-likeness (QED) is 0.774. The van der Waals surface area contributed by atoms with E-state index < -0.39 is 5.60 Å². The Morgan fingerprint density at radius 2 is 2.05 bits per heavy atom. The first kappa shape index (κ1) is 15.4. The first-order valence-corrected chi connectivity index (χ1v) is 7.91. The second-order valence-corrected chi connectivity index (χ2v) is 6.08. The number of benzene rings is 1. The van der Waals surface area contributed by atoms with Crippen LogP contribution in [-0.2, 0) is 9.53 Å². The van der Waals surface area contributed by atoms with Gasteiger partial charge in [0.2, 0.25) is 5.60 Å². The molecule has 0 atom stereocenters. The zero-order chi connectivity index (χ0) is 15.7. The SMILES string of the molecule is CCOC(=O)C1(Oc2ccnc3cc(Cl)c(Cl)cc23)CCC1. The van der Waals surface area contributed by atoms with E-state index in [4.69, 9.17) is 32.7 Å². The summed E-state index contributed by atoms with van der Waals surface area (Å²) in [5.41, 5.74) is -0.221. The third-order valence-corrected chi connectivity index (χ3v) is 4.58. The number of hydrogen-bond donors (Lipinski definition) is 0. The number of esters is 1. The van der Waals surface area contributed by atoms with E-state index in [1.165, 1.54) is 0 Å². The van der Waals surface area contributed by atoms with E-state index in [-0.39, 0.29) is 5.97 Å². The van der Waals surface area contributed by atoms with Gasteiger partial charge in [0.05, 0.1) is 22.2 Å². The van der Waals surface area contributed by atoms with Gasteiger partial charge in [-0.15, -0.1) is 0 Å². The van der Waals surface area contributed by atoms with E-state index in [9.17, 15) is 4.79 Å². The van der Waals surface area contributed by atoms with Gasteiger partial charge in [0.1, 0.15) is 5.75 Å². The third-order valence-electron chi connectivity index (χ3n) is 3.86. The largest absolute Gasteiger partial charge is 0.475 e. The smallest absolute Gasteiger partial charge is 0.350 e. The van der Waals surface area contributed by atoms with Crippen molar-refractivity contribution in [2.45, 2.75) is 31.8 Å². The van der Waals surface area contributed by atoms with Crippen LogP contribution in [0.5, 0.6) is 5.75 Å². The molecule has 0 bridgehead atoms. The molecule has 0 N–H and O–H groups in total. The molecule has 0 aliphatic heterocycles. The van der Waals surface area contributed by atoms with E-state index in [1.807, 2.05) is 0 Å². The maximum Gasteiger partial charge on any atom is 0.350 e. The highest BCUT2D eigenvalue weighted by Crippen LogP contribution is 2.40. The molecule has 3 rings (SSSR count). The Balaban J connectivity index is 2.00. The molecule has 1 heterocycles. The summed E-state index contributed by atoms with van der Waals surface area (Å²) < 4.78 is 11.2. The second kappa shape index (κ2) is 5.94. The van der Waals surface area contributed by atoms with Gasteiger partial charge in [-0.25, -0.2) is 4.79 Å². The van der Waals surface area contributed by atoms with E-state index in [2.05, 4.69) is 4.98 Å². The molecular weight excluding hydrogens is 325 g/mol. The average molecular weight is 340 g/mol. The fraction of sp³-hybridized carbons (Fsp3) is 0.375. The summed E-state index contributed by atoms with van der Waals surface area (Å²) >= 11 is 12.1. The summed E-state index contributed by atoms with van der Waals surface area (Å²) in [5, 5.41) is 1.58. The summed E-state index contributed by atoms with van der Waals surface area (Å²) in [7, 11) is 0. The van der Waals surface area contributed by atoms with Crippen LogP contribution in [0.3, 0.4) is 0 Å². The Kier molecular flexibility index (Phi) is 4.15. The third kappa shape index (κ3) is 2.61. The molecule has 1 aliphatic carbocycles. The molecule has 1 saturated carbocycles. The lowest BCUT2D eigenvalue weighted by molar-refractivity contribution is -0.169. The molecule has 4 nitrogen and oxygen atoms in total. The lowest BCUT2D eigenvalue weighted by Crippen LogP contribution is -2.51. The van der Waals surface area contributed by atoms with E-state index >= 15 is 0 Å². The number of aromatic nitrogens is 1. The van der Waals surface area contributed by atoms with E-state index in [0.717, 1.165) is 11.8 Å². The summed E-state index contributed by atoms with van der Waals surface area (Å²) in [6.45, 7) is 2.12. The van der Waals surface area contributed by atoms with Crippen molar-refractivity contribution in [3.05, 3.63) is 34.4 Å². The molecule has 116 valence electrons. The standard InChI is InChI=1S/C16H15Cl2NO3/c1-2-21-15(20)16(5-3-6-16)22-14-4-7-19-13-9-12(18)11(17)8-10(13)14/h4,7-9H,2-3,5-6H2,1H3. The topological polar surface area (TPSA) is 48.4 Å². The first-order chi connectivity index (χ1) is 10.6. The van der Waals surface area contributed by atoms with Crippen molar-refractivity contribution in [1.29, 1.82) is 0 Å². The van der Waals surface area contributed by atoms with Gasteiger partial charge in [-0.2, -0.15) is 0 Å². The van der Waals surface area contributed by atoms with Crippen molar-refractivity contribution >= 4 is 40.1 Å². The van der Waals surface area contributed by atoms with Crippen LogP contribution in [0.15, 0.2) is 24.4 Å². The van der Waals surface area contributed by atoms with Crippen molar-refractivity contribution in [1.82, 2.24) is 4.98 Å². The number of carbonyl (C=O) groups excluding carboxylic acids is 1. The Morgan fingerprint density at radius 1 is 1.32 bits per heavy atom. The lowest BCUT2D eigenvalue weighted by Gasteiger charge is -2.39. The number of carbonyl (C=O) groups is 1. The summed E-state index contributed by atoms with van der Waals surface area (Å²) in [5.74, 6) is 0.252. The minimum atomic E-state index is -0.892. The normalized spacial score (nSPS) is 16.1. The average Bonchev–Trinajstić information content (AvgIpc) is 2.44. The number of ether oxygens (including phenoxy) is 2. The summed E-state index contributed by atoms with van der Waals surface area (Å²) in [6.07, 6.45) is 3.86. The fourth-order valence-corrected chi connectivity index (χ4v) is 2.84. The van der Waals surface area contributed by atoms with Gasteiger partial charge >= 0.3 is 5.97 Å². The molecule has 0 radical (unpaired) electrons. The van der Waals surface area contributed by atoms with Crippen LogP contribution in [0, 0.1) is 0 Å². The highest BCUT2D eigenvalue weighted by Gasteiger charge is 2.48. The number of nitrogens with zero attached hydrogens (tertiary/aromatic N) is 1. The molecule has 6 heteroatoms. The Morgan fingerprint density at radius 3 is 2.68 bits per heavy atom. The van der Waals surface area contributed by atoms with E-state index in [0.29, 0.717) is 40.8 Å². The fourth-order valence-electron chi connectivity index (χ4n) is 2.52. The Hall–Kier alpha value is -1.52. The maximum absolute atomic E-state index is 12.2. The Labute approximate surface area is 138 Å². The number of pyridine rings is 1. The lowest BCUT2D eigenvalue weighted by atomic mass is 9.80. The van der Waals surface area contributed by atoms with Gasteiger partial charge in [-0.05, 0) is 44.4 Å². The van der Waals surface area contributed by atoms with Crippen LogP contribution < -0.4 is 4.74 Å². The Bertz CT molecular complexity index is 729. The molecule has 2 aromatic rings. The molecule has 0 unspecified atom stereocenters. The zero-order valence-corrected chi connectivity index (χ0v) is 13.6. The molecular formula is C16H15Cl2NO3. The summed E-state index contributed by atoms with van der Waals surface area (Å²) in [4.78, 5) is 16.5. The van der Waals surface area contributed by atoms with Gasteiger partial charge in [0, 0.05) is 11.6 Å². The van der Waals surface area contributed by atoms with Crippen LogP contribution in [0.25, 0.3) is 10.9 Å². The zero-order valence-electron chi connectivity index (χ0n) is 12.1. The van der Waals surface area contributed by atoms with Crippen LogP contribution in [0.1, 0.15) is 26.2 Å². The van der Waals surface area contributed by atoms with Crippen LogP contribution in [0.2, 0.25) is 10.0 Å². The van der Waals surface area contributed by atoms with Gasteiger partial charge in [0.15, 0.2) is 0 Å². The van der Waals surface area contributed by atoms with Crippen LogP contribution in [0.4, 0.5) is 0 Å². The number of fused-ring (bicyclic) bond motifs is 1. The van der Waals surface area contributed by atoms with Gasteiger partial charge < -0.3 is 9.47 Å². The molecule has 22 heavy (non-hydrogen) atoms. The highest BCUT2D eigenvalue weighted by molar-refractivity contribution is 6.42. The predicted molar refractivity (Wildman–Crippen MR) is 85.6 cm³/mol. The van der Waals surface area contributed by atoms with Gasteiger partial charge in [-0.1, -0.05) is 23.2 Å². The molecule has 0 saturated heterocycles. The second-order valence-electron chi connectivity index (χ2n) is 5.26. The monoisotopic (exact) mass is 339 g/mol. The summed E-state index contributed by atoms with van der Waals surface area (Å²) in [6, 6.07) is 5.12. The van der Waals surface area contributed by atoms with Gasteiger partial charge in [-0.3, -0.25) is 4.98 Å². The molecule has 1 aromatic heterocycles. The molecule has 0 spiro atoms. The first-order valence-electron chi connectivity index (χ1n) is 7.16. The van der Waals surface area contributed by atoms with Crippen molar-refractivity contribution in [2.24, 2.45) is 0 Å². The van der Waals surface area contributed by atoms with E-state index in [1.54, 1.807) is 31.3 Å². The van der Waals surface area contributed by atoms with Gasteiger partial charge in [0.25, 0.3) is 0 Å². The molecule has 0 amide bonds.